The van der Waals surface area contributed by atoms with Gasteiger partial charge in [0.1, 0.15) is 0 Å². The fraction of sp³-hybridized carbons (Fsp3) is 0.286. The Kier molecular flexibility index (Phi) is 2.74. The van der Waals surface area contributed by atoms with E-state index >= 15 is 0 Å². The largest absolute Gasteiger partial charge is 0.396 e. The third-order valence-electron chi connectivity index (χ3n) is 2.98. The molecule has 2 rings (SSSR count). The highest BCUT2D eigenvalue weighted by molar-refractivity contribution is 5.88. The van der Waals surface area contributed by atoms with E-state index in [0.717, 1.165) is 0 Å². The standard InChI is InChI=1S/C14H16O/c1-10-7-8-13(11(2)9-15)14-6-4-3-5-12(10)14/h3-8,11,15H,9H2,1-2H3/t11-/m0/s1. The van der Waals surface area contributed by atoms with E-state index in [-0.39, 0.29) is 12.5 Å². The average Bonchev–Trinajstić information content (AvgIpc) is 2.29. The van der Waals surface area contributed by atoms with Crippen LogP contribution >= 0.6 is 0 Å². The Hall–Kier alpha value is -1.34. The second-order valence-electron chi connectivity index (χ2n) is 4.10. The van der Waals surface area contributed by atoms with Crippen molar-refractivity contribution in [2.45, 2.75) is 19.8 Å². The first-order valence-corrected chi connectivity index (χ1v) is 5.33. The minimum atomic E-state index is 0.201. The van der Waals surface area contributed by atoms with Crippen LogP contribution in [0.25, 0.3) is 10.8 Å². The van der Waals surface area contributed by atoms with Crippen molar-refractivity contribution in [2.75, 3.05) is 6.61 Å². The summed E-state index contributed by atoms with van der Waals surface area (Å²) in [5, 5.41) is 11.8. The second kappa shape index (κ2) is 4.03. The predicted octanol–water partition coefficient (Wildman–Crippen LogP) is 3.24. The lowest BCUT2D eigenvalue weighted by atomic mass is 9.93. The number of hydrogen-bond donors (Lipinski definition) is 1. The lowest BCUT2D eigenvalue weighted by Crippen LogP contribution is -2.00. The molecule has 1 heteroatoms. The van der Waals surface area contributed by atoms with E-state index in [1.54, 1.807) is 0 Å². The van der Waals surface area contributed by atoms with Crippen molar-refractivity contribution in [3.63, 3.8) is 0 Å². The third-order valence-corrected chi connectivity index (χ3v) is 2.98. The molecule has 0 aliphatic rings. The topological polar surface area (TPSA) is 20.2 Å². The minimum Gasteiger partial charge on any atom is -0.396 e. The number of fused-ring (bicyclic) bond motifs is 1. The fourth-order valence-electron chi connectivity index (χ4n) is 2.00. The molecule has 0 heterocycles. The Morgan fingerprint density at radius 2 is 1.73 bits per heavy atom. The van der Waals surface area contributed by atoms with Crippen LogP contribution in [0.5, 0.6) is 0 Å². The number of hydrogen-bond acceptors (Lipinski definition) is 1. The second-order valence-corrected chi connectivity index (χ2v) is 4.10. The fourth-order valence-corrected chi connectivity index (χ4v) is 2.00. The lowest BCUT2D eigenvalue weighted by molar-refractivity contribution is 0.273. The van der Waals surface area contributed by atoms with Gasteiger partial charge in [-0.25, -0.2) is 0 Å². The SMILES string of the molecule is Cc1ccc([C@@H](C)CO)c2ccccc12. The van der Waals surface area contributed by atoms with Gasteiger partial charge in [0.15, 0.2) is 0 Å². The summed E-state index contributed by atoms with van der Waals surface area (Å²) < 4.78 is 0. The quantitative estimate of drug-likeness (QED) is 0.789. The molecule has 0 saturated carbocycles. The van der Waals surface area contributed by atoms with Crippen molar-refractivity contribution in [3.8, 4) is 0 Å². The summed E-state index contributed by atoms with van der Waals surface area (Å²) in [6.45, 7) is 4.37. The van der Waals surface area contributed by atoms with Crippen LogP contribution in [0.1, 0.15) is 24.0 Å². The molecule has 0 radical (unpaired) electrons. The van der Waals surface area contributed by atoms with Crippen molar-refractivity contribution in [1.29, 1.82) is 0 Å². The lowest BCUT2D eigenvalue weighted by Gasteiger charge is -2.13. The van der Waals surface area contributed by atoms with E-state index in [1.165, 1.54) is 21.9 Å². The monoisotopic (exact) mass is 200 g/mol. The molecule has 0 aliphatic carbocycles. The van der Waals surface area contributed by atoms with Gasteiger partial charge in [-0.2, -0.15) is 0 Å². The molecule has 0 unspecified atom stereocenters. The van der Waals surface area contributed by atoms with Crippen LogP contribution in [-0.2, 0) is 0 Å². The van der Waals surface area contributed by atoms with Gasteiger partial charge >= 0.3 is 0 Å². The van der Waals surface area contributed by atoms with Crippen LogP contribution in [0.3, 0.4) is 0 Å². The van der Waals surface area contributed by atoms with Crippen LogP contribution < -0.4 is 0 Å². The van der Waals surface area contributed by atoms with E-state index < -0.39 is 0 Å². The van der Waals surface area contributed by atoms with Crippen LogP contribution in [0, 0.1) is 6.92 Å². The summed E-state index contributed by atoms with van der Waals surface area (Å²) in [5.41, 5.74) is 2.53. The highest BCUT2D eigenvalue weighted by atomic mass is 16.3. The van der Waals surface area contributed by atoms with E-state index in [4.69, 9.17) is 0 Å². The Labute approximate surface area is 90.4 Å². The number of benzene rings is 2. The summed E-state index contributed by atoms with van der Waals surface area (Å²) in [5.74, 6) is 0.204. The van der Waals surface area contributed by atoms with Crippen molar-refractivity contribution >= 4 is 10.8 Å². The molecular formula is C14H16O. The average molecular weight is 200 g/mol. The molecule has 0 bridgehead atoms. The summed E-state index contributed by atoms with van der Waals surface area (Å²) in [6, 6.07) is 12.6. The van der Waals surface area contributed by atoms with Gasteiger partial charge in [-0.15, -0.1) is 0 Å². The van der Waals surface area contributed by atoms with E-state index in [1.807, 2.05) is 0 Å². The Balaban J connectivity index is 2.71. The number of aryl methyl sites for hydroxylation is 1. The molecule has 1 atom stereocenters. The van der Waals surface area contributed by atoms with E-state index in [0.29, 0.717) is 0 Å². The summed E-state index contributed by atoms with van der Waals surface area (Å²) in [4.78, 5) is 0. The maximum absolute atomic E-state index is 9.22. The molecule has 0 fully saturated rings. The highest BCUT2D eigenvalue weighted by Crippen LogP contribution is 2.27. The Bertz CT molecular complexity index is 474. The number of rotatable bonds is 2. The van der Waals surface area contributed by atoms with Crippen molar-refractivity contribution in [2.24, 2.45) is 0 Å². The number of aliphatic hydroxyl groups is 1. The summed E-state index contributed by atoms with van der Waals surface area (Å²) in [6.07, 6.45) is 0. The van der Waals surface area contributed by atoms with Gasteiger partial charge in [0, 0.05) is 12.5 Å². The smallest absolute Gasteiger partial charge is 0.0497 e. The first-order chi connectivity index (χ1) is 7.24. The Morgan fingerprint density at radius 1 is 1.07 bits per heavy atom. The van der Waals surface area contributed by atoms with Crippen LogP contribution in [-0.4, -0.2) is 11.7 Å². The van der Waals surface area contributed by atoms with Crippen molar-refractivity contribution in [3.05, 3.63) is 47.5 Å². The molecule has 78 valence electrons. The zero-order valence-electron chi connectivity index (χ0n) is 9.20. The molecule has 0 saturated heterocycles. The highest BCUT2D eigenvalue weighted by Gasteiger charge is 2.08. The minimum absolute atomic E-state index is 0.201. The predicted molar refractivity (Wildman–Crippen MR) is 64.2 cm³/mol. The zero-order chi connectivity index (χ0) is 10.8. The molecule has 2 aromatic rings. The first kappa shape index (κ1) is 10.2. The van der Waals surface area contributed by atoms with Gasteiger partial charge in [0.25, 0.3) is 0 Å². The molecule has 0 spiro atoms. The zero-order valence-corrected chi connectivity index (χ0v) is 9.20. The molecule has 2 aromatic carbocycles. The third kappa shape index (κ3) is 1.75. The molecular weight excluding hydrogens is 184 g/mol. The van der Waals surface area contributed by atoms with Crippen molar-refractivity contribution in [1.82, 2.24) is 0 Å². The van der Waals surface area contributed by atoms with Crippen LogP contribution in [0.2, 0.25) is 0 Å². The Morgan fingerprint density at radius 3 is 2.40 bits per heavy atom. The first-order valence-electron chi connectivity index (χ1n) is 5.33. The normalized spacial score (nSPS) is 13.0. The van der Waals surface area contributed by atoms with Gasteiger partial charge in [0.05, 0.1) is 0 Å². The maximum atomic E-state index is 9.22. The van der Waals surface area contributed by atoms with Gasteiger partial charge < -0.3 is 5.11 Å². The molecule has 1 nitrogen and oxygen atoms in total. The molecule has 0 aromatic heterocycles. The maximum Gasteiger partial charge on any atom is 0.0497 e. The van der Waals surface area contributed by atoms with Gasteiger partial charge in [-0.05, 0) is 28.8 Å². The molecule has 15 heavy (non-hydrogen) atoms. The molecule has 1 N–H and O–H groups in total. The van der Waals surface area contributed by atoms with Crippen LogP contribution in [0.4, 0.5) is 0 Å². The van der Waals surface area contributed by atoms with Crippen LogP contribution in [0.15, 0.2) is 36.4 Å². The van der Waals surface area contributed by atoms with E-state index in [2.05, 4.69) is 50.2 Å². The summed E-state index contributed by atoms with van der Waals surface area (Å²) >= 11 is 0. The molecule has 0 amide bonds. The van der Waals surface area contributed by atoms with Crippen molar-refractivity contribution < 1.29 is 5.11 Å². The molecule has 0 aliphatic heterocycles. The van der Waals surface area contributed by atoms with Gasteiger partial charge in [0.2, 0.25) is 0 Å². The van der Waals surface area contributed by atoms with E-state index in [9.17, 15) is 5.11 Å². The van der Waals surface area contributed by atoms with Gasteiger partial charge in [-0.1, -0.05) is 43.3 Å². The van der Waals surface area contributed by atoms with Gasteiger partial charge in [-0.3, -0.25) is 0 Å². The number of aliphatic hydroxyl groups excluding tert-OH is 1. The summed E-state index contributed by atoms with van der Waals surface area (Å²) in [7, 11) is 0.